The highest BCUT2D eigenvalue weighted by atomic mass is 14.8. The number of pyridine rings is 1. The number of hydrogen-bond donors (Lipinski definition) is 1. The fraction of sp³-hybridized carbons (Fsp3) is 0. The molecule has 0 radical (unpaired) electrons. The lowest BCUT2D eigenvalue weighted by Crippen LogP contribution is -1.79. The summed E-state index contributed by atoms with van der Waals surface area (Å²) in [6, 6.07) is 15.6. The Morgan fingerprint density at radius 3 is 2.65 bits per heavy atom. The maximum absolute atomic E-state index is 8.75. The van der Waals surface area contributed by atoms with E-state index in [-0.39, 0.29) is 0 Å². The molecule has 80 valence electrons. The summed E-state index contributed by atoms with van der Waals surface area (Å²) < 4.78 is 0. The summed E-state index contributed by atoms with van der Waals surface area (Å²) >= 11 is 0. The Balaban J connectivity index is 2.11. The highest BCUT2D eigenvalue weighted by Crippen LogP contribution is 2.22. The van der Waals surface area contributed by atoms with Crippen molar-refractivity contribution in [1.82, 2.24) is 9.97 Å². The summed E-state index contributed by atoms with van der Waals surface area (Å²) in [5.41, 5.74) is 3.63. The van der Waals surface area contributed by atoms with Gasteiger partial charge in [-0.15, -0.1) is 0 Å². The van der Waals surface area contributed by atoms with E-state index in [1.54, 1.807) is 6.20 Å². The van der Waals surface area contributed by atoms with Crippen LogP contribution in [-0.2, 0) is 0 Å². The van der Waals surface area contributed by atoms with Crippen molar-refractivity contribution in [3.05, 3.63) is 54.2 Å². The zero-order valence-electron chi connectivity index (χ0n) is 9.01. The normalized spacial score (nSPS) is 10.3. The number of nitrogens with one attached hydrogen (secondary N) is 1. The van der Waals surface area contributed by atoms with Crippen LogP contribution in [0.1, 0.15) is 5.56 Å². The number of H-pyrrole nitrogens is 1. The van der Waals surface area contributed by atoms with Crippen LogP contribution in [-0.4, -0.2) is 9.97 Å². The van der Waals surface area contributed by atoms with Crippen molar-refractivity contribution >= 4 is 11.0 Å². The molecule has 0 saturated heterocycles. The van der Waals surface area contributed by atoms with Crippen LogP contribution in [0.3, 0.4) is 0 Å². The molecule has 3 rings (SSSR count). The molecule has 0 saturated carbocycles. The third-order valence-corrected chi connectivity index (χ3v) is 2.72. The predicted molar refractivity (Wildman–Crippen MR) is 66.2 cm³/mol. The molecule has 0 aliphatic carbocycles. The van der Waals surface area contributed by atoms with Crippen molar-refractivity contribution in [2.24, 2.45) is 0 Å². The van der Waals surface area contributed by atoms with Crippen LogP contribution in [0, 0.1) is 11.3 Å². The van der Waals surface area contributed by atoms with Crippen LogP contribution in [0.25, 0.3) is 22.3 Å². The van der Waals surface area contributed by atoms with Crippen molar-refractivity contribution in [3.63, 3.8) is 0 Å². The smallest absolute Gasteiger partial charge is 0.137 e. The first-order valence-corrected chi connectivity index (χ1v) is 5.31. The van der Waals surface area contributed by atoms with E-state index in [2.05, 4.69) is 22.1 Å². The zero-order valence-corrected chi connectivity index (χ0v) is 9.01. The Labute approximate surface area is 98.4 Å². The van der Waals surface area contributed by atoms with Gasteiger partial charge >= 0.3 is 0 Å². The first kappa shape index (κ1) is 9.61. The summed E-state index contributed by atoms with van der Waals surface area (Å²) in [6.07, 6.45) is 1.77. The largest absolute Gasteiger partial charge is 0.339 e. The van der Waals surface area contributed by atoms with E-state index in [0.29, 0.717) is 5.56 Å². The van der Waals surface area contributed by atoms with Gasteiger partial charge < -0.3 is 4.98 Å². The molecule has 2 heterocycles. The molecule has 3 heteroatoms. The summed E-state index contributed by atoms with van der Waals surface area (Å²) in [5, 5.41) is 9.84. The third-order valence-electron chi connectivity index (χ3n) is 2.72. The van der Waals surface area contributed by atoms with Gasteiger partial charge in [0.1, 0.15) is 5.65 Å². The fourth-order valence-corrected chi connectivity index (χ4v) is 1.84. The van der Waals surface area contributed by atoms with Gasteiger partial charge in [-0.05, 0) is 35.9 Å². The molecule has 0 aliphatic heterocycles. The van der Waals surface area contributed by atoms with Gasteiger partial charge in [0, 0.05) is 17.3 Å². The summed E-state index contributed by atoms with van der Waals surface area (Å²) in [6.45, 7) is 0. The number of fused-ring (bicyclic) bond motifs is 1. The Hall–Kier alpha value is -2.60. The minimum absolute atomic E-state index is 0.669. The quantitative estimate of drug-likeness (QED) is 0.683. The fourth-order valence-electron chi connectivity index (χ4n) is 1.84. The van der Waals surface area contributed by atoms with Crippen LogP contribution >= 0.6 is 0 Å². The average Bonchev–Trinajstić information content (AvgIpc) is 2.82. The van der Waals surface area contributed by atoms with Crippen LogP contribution < -0.4 is 0 Å². The molecule has 0 unspecified atom stereocenters. The minimum Gasteiger partial charge on any atom is -0.339 e. The van der Waals surface area contributed by atoms with E-state index in [4.69, 9.17) is 5.26 Å². The van der Waals surface area contributed by atoms with E-state index in [0.717, 1.165) is 22.3 Å². The lowest BCUT2D eigenvalue weighted by atomic mass is 10.1. The van der Waals surface area contributed by atoms with Gasteiger partial charge in [-0.1, -0.05) is 12.1 Å². The molecule has 17 heavy (non-hydrogen) atoms. The van der Waals surface area contributed by atoms with E-state index < -0.39 is 0 Å². The Morgan fingerprint density at radius 1 is 1.12 bits per heavy atom. The average molecular weight is 219 g/mol. The number of aromatic amines is 1. The van der Waals surface area contributed by atoms with Gasteiger partial charge in [-0.3, -0.25) is 0 Å². The zero-order chi connectivity index (χ0) is 11.7. The lowest BCUT2D eigenvalue weighted by Gasteiger charge is -1.96. The highest BCUT2D eigenvalue weighted by molar-refractivity contribution is 5.82. The van der Waals surface area contributed by atoms with Crippen molar-refractivity contribution in [3.8, 4) is 17.3 Å². The monoisotopic (exact) mass is 219 g/mol. The molecule has 0 fully saturated rings. The van der Waals surface area contributed by atoms with Gasteiger partial charge in [0.15, 0.2) is 0 Å². The molecule has 3 aromatic rings. The van der Waals surface area contributed by atoms with E-state index in [1.165, 1.54) is 0 Å². The molecule has 0 amide bonds. The highest BCUT2D eigenvalue weighted by Gasteiger charge is 2.03. The van der Waals surface area contributed by atoms with Crippen LogP contribution in [0.4, 0.5) is 0 Å². The molecule has 1 N–H and O–H groups in total. The van der Waals surface area contributed by atoms with E-state index in [1.807, 2.05) is 36.4 Å². The van der Waals surface area contributed by atoms with Crippen molar-refractivity contribution in [1.29, 1.82) is 5.26 Å². The first-order chi connectivity index (χ1) is 8.36. The van der Waals surface area contributed by atoms with Crippen LogP contribution in [0.15, 0.2) is 48.7 Å². The lowest BCUT2D eigenvalue weighted by molar-refractivity contribution is 1.32. The van der Waals surface area contributed by atoms with Gasteiger partial charge in [0.25, 0.3) is 0 Å². The maximum Gasteiger partial charge on any atom is 0.137 e. The molecule has 2 aromatic heterocycles. The third kappa shape index (κ3) is 1.66. The van der Waals surface area contributed by atoms with Crippen LogP contribution in [0.5, 0.6) is 0 Å². The maximum atomic E-state index is 8.75. The Kier molecular flexibility index (Phi) is 2.13. The molecule has 0 bridgehead atoms. The number of rotatable bonds is 1. The Morgan fingerprint density at radius 2 is 1.94 bits per heavy atom. The first-order valence-electron chi connectivity index (χ1n) is 5.31. The minimum atomic E-state index is 0.669. The Bertz CT molecular complexity index is 669. The molecule has 1 aromatic carbocycles. The number of benzene rings is 1. The second-order valence-electron chi connectivity index (χ2n) is 3.81. The second-order valence-corrected chi connectivity index (χ2v) is 3.81. The standard InChI is InChI=1S/C14H9N3/c15-9-10-3-5-11(6-4-10)13-8-12-2-1-7-16-14(12)17-13/h1-8H,(H,16,17). The molecule has 0 atom stereocenters. The number of nitriles is 1. The SMILES string of the molecule is N#Cc1ccc(-c2cc3cccnc3[nH]2)cc1. The van der Waals surface area contributed by atoms with Gasteiger partial charge in [-0.25, -0.2) is 4.98 Å². The van der Waals surface area contributed by atoms with Gasteiger partial charge in [-0.2, -0.15) is 5.26 Å². The summed E-state index contributed by atoms with van der Waals surface area (Å²) in [5.74, 6) is 0. The van der Waals surface area contributed by atoms with E-state index in [9.17, 15) is 0 Å². The van der Waals surface area contributed by atoms with Crippen molar-refractivity contribution in [2.75, 3.05) is 0 Å². The van der Waals surface area contributed by atoms with Crippen molar-refractivity contribution in [2.45, 2.75) is 0 Å². The predicted octanol–water partition coefficient (Wildman–Crippen LogP) is 3.10. The van der Waals surface area contributed by atoms with Crippen LogP contribution in [0.2, 0.25) is 0 Å². The van der Waals surface area contributed by atoms with E-state index >= 15 is 0 Å². The molecule has 3 nitrogen and oxygen atoms in total. The molecular weight excluding hydrogens is 210 g/mol. The number of hydrogen-bond acceptors (Lipinski definition) is 2. The summed E-state index contributed by atoms with van der Waals surface area (Å²) in [7, 11) is 0. The van der Waals surface area contributed by atoms with Gasteiger partial charge in [0.2, 0.25) is 0 Å². The molecule has 0 aliphatic rings. The summed E-state index contributed by atoms with van der Waals surface area (Å²) in [4.78, 5) is 7.51. The second kappa shape index (κ2) is 3.76. The number of aromatic nitrogens is 2. The topological polar surface area (TPSA) is 52.5 Å². The molecular formula is C14H9N3. The number of nitrogens with zero attached hydrogens (tertiary/aromatic N) is 2. The molecule has 0 spiro atoms. The van der Waals surface area contributed by atoms with Gasteiger partial charge in [0.05, 0.1) is 11.6 Å². The van der Waals surface area contributed by atoms with Crippen molar-refractivity contribution < 1.29 is 0 Å².